The van der Waals surface area contributed by atoms with Gasteiger partial charge in [-0.25, -0.2) is 0 Å². The zero-order chi connectivity index (χ0) is 13.7. The standard InChI is InChI=1S/C12H26O4P2/c13-17-11-9-7-5-3-1-2-4-6-8-10-12-18(14,15)16/h1-12H2,(H2,14,15,16). The van der Waals surface area contributed by atoms with Crippen LogP contribution < -0.4 is 0 Å². The largest absolute Gasteiger partial charge is 0.325 e. The van der Waals surface area contributed by atoms with Crippen LogP contribution in [0.25, 0.3) is 0 Å². The van der Waals surface area contributed by atoms with Gasteiger partial charge in [0.1, 0.15) is 0 Å². The van der Waals surface area contributed by atoms with Gasteiger partial charge >= 0.3 is 7.60 Å². The van der Waals surface area contributed by atoms with E-state index in [1.165, 1.54) is 38.5 Å². The highest BCUT2D eigenvalue weighted by Crippen LogP contribution is 2.35. The molecule has 0 aliphatic rings. The SMILES string of the molecule is O=PCCCCCCCCCCCCP(=O)(O)O. The second-order valence-corrected chi connectivity index (χ2v) is 7.26. The third-order valence-electron chi connectivity index (χ3n) is 2.95. The van der Waals surface area contributed by atoms with E-state index >= 15 is 0 Å². The molecule has 0 rings (SSSR count). The molecular weight excluding hydrogens is 270 g/mol. The van der Waals surface area contributed by atoms with Crippen LogP contribution in [0.15, 0.2) is 0 Å². The maximum atomic E-state index is 10.6. The Morgan fingerprint density at radius 3 is 1.50 bits per heavy atom. The highest BCUT2D eigenvalue weighted by Gasteiger charge is 2.10. The van der Waals surface area contributed by atoms with Gasteiger partial charge in [0, 0.05) is 12.3 Å². The summed E-state index contributed by atoms with van der Waals surface area (Å²) in [7, 11) is -3.50. The molecule has 0 bridgehead atoms. The van der Waals surface area contributed by atoms with Gasteiger partial charge in [-0.2, -0.15) is 0 Å². The molecule has 0 amide bonds. The molecule has 108 valence electrons. The monoisotopic (exact) mass is 296 g/mol. The Kier molecular flexibility index (Phi) is 12.5. The highest BCUT2D eigenvalue weighted by atomic mass is 31.2. The van der Waals surface area contributed by atoms with Gasteiger partial charge in [-0.3, -0.25) is 9.13 Å². The Morgan fingerprint density at radius 1 is 0.722 bits per heavy atom. The second kappa shape index (κ2) is 12.3. The summed E-state index contributed by atoms with van der Waals surface area (Å²) in [6, 6.07) is 0. The van der Waals surface area contributed by atoms with Crippen LogP contribution in [0.3, 0.4) is 0 Å². The third kappa shape index (κ3) is 16.2. The van der Waals surface area contributed by atoms with Crippen LogP contribution in [0.1, 0.15) is 64.2 Å². The number of hydrogen-bond donors (Lipinski definition) is 2. The van der Waals surface area contributed by atoms with Crippen molar-refractivity contribution in [1.82, 2.24) is 0 Å². The third-order valence-corrected chi connectivity index (χ3v) is 4.35. The summed E-state index contributed by atoms with van der Waals surface area (Å²) in [4.78, 5) is 17.3. The smallest absolute Gasteiger partial charge is 0.324 e. The molecule has 0 aromatic rings. The van der Waals surface area contributed by atoms with Crippen molar-refractivity contribution in [3.63, 3.8) is 0 Å². The zero-order valence-electron chi connectivity index (χ0n) is 11.1. The predicted molar refractivity (Wildman–Crippen MR) is 75.6 cm³/mol. The van der Waals surface area contributed by atoms with Gasteiger partial charge in [0.15, 0.2) is 8.46 Å². The van der Waals surface area contributed by atoms with Gasteiger partial charge in [0.25, 0.3) is 0 Å². The number of unbranched alkanes of at least 4 members (excludes halogenated alkanes) is 9. The van der Waals surface area contributed by atoms with E-state index in [0.717, 1.165) is 25.4 Å². The Bertz CT molecular complexity index is 240. The summed E-state index contributed by atoms with van der Waals surface area (Å²) >= 11 is 0. The lowest BCUT2D eigenvalue weighted by Gasteiger charge is -2.04. The van der Waals surface area contributed by atoms with Crippen molar-refractivity contribution < 1.29 is 18.9 Å². The van der Waals surface area contributed by atoms with Crippen molar-refractivity contribution in [2.75, 3.05) is 12.3 Å². The fourth-order valence-electron chi connectivity index (χ4n) is 1.91. The van der Waals surface area contributed by atoms with Crippen LogP contribution in [-0.2, 0) is 9.13 Å². The molecule has 0 aromatic carbocycles. The quantitative estimate of drug-likeness (QED) is 0.391. The molecular formula is C12H26O4P2. The van der Waals surface area contributed by atoms with Crippen molar-refractivity contribution in [3.8, 4) is 0 Å². The molecule has 0 saturated carbocycles. The summed E-state index contributed by atoms with van der Waals surface area (Å²) in [5.74, 6) is 0. The van der Waals surface area contributed by atoms with E-state index in [-0.39, 0.29) is 14.6 Å². The zero-order valence-corrected chi connectivity index (χ0v) is 12.9. The molecule has 4 nitrogen and oxygen atoms in total. The van der Waals surface area contributed by atoms with E-state index in [9.17, 15) is 9.13 Å². The van der Waals surface area contributed by atoms with Crippen molar-refractivity contribution in [3.05, 3.63) is 0 Å². The van der Waals surface area contributed by atoms with Crippen LogP contribution in [0.2, 0.25) is 0 Å². The van der Waals surface area contributed by atoms with E-state index in [2.05, 4.69) is 0 Å². The van der Waals surface area contributed by atoms with E-state index in [1.807, 2.05) is 0 Å². The molecule has 0 saturated heterocycles. The molecule has 0 aliphatic heterocycles. The molecule has 6 heteroatoms. The number of hydrogen-bond acceptors (Lipinski definition) is 2. The Balaban J connectivity index is 3.03. The fraction of sp³-hybridized carbons (Fsp3) is 1.00. The van der Waals surface area contributed by atoms with Gasteiger partial charge in [-0.15, -0.1) is 0 Å². The molecule has 0 aliphatic carbocycles. The lowest BCUT2D eigenvalue weighted by molar-refractivity contribution is 0.370. The Labute approximate surface area is 112 Å². The van der Waals surface area contributed by atoms with Crippen LogP contribution >= 0.6 is 16.1 Å². The van der Waals surface area contributed by atoms with Gasteiger partial charge < -0.3 is 9.79 Å². The van der Waals surface area contributed by atoms with Crippen LogP contribution in [0, 0.1) is 0 Å². The topological polar surface area (TPSA) is 74.6 Å². The molecule has 0 heterocycles. The van der Waals surface area contributed by atoms with E-state index in [4.69, 9.17) is 9.79 Å². The van der Waals surface area contributed by atoms with Gasteiger partial charge in [-0.05, 0) is 12.8 Å². The average molecular weight is 296 g/mol. The first-order valence-electron chi connectivity index (χ1n) is 6.90. The van der Waals surface area contributed by atoms with E-state index in [0.29, 0.717) is 6.42 Å². The first kappa shape index (κ1) is 18.2. The van der Waals surface area contributed by atoms with E-state index in [1.54, 1.807) is 0 Å². The van der Waals surface area contributed by atoms with Gasteiger partial charge in [0.05, 0.1) is 0 Å². The molecule has 0 unspecified atom stereocenters. The molecule has 0 atom stereocenters. The Hall–Kier alpha value is 0.250. The fourth-order valence-corrected chi connectivity index (χ4v) is 2.90. The molecule has 2 N–H and O–H groups in total. The lowest BCUT2D eigenvalue weighted by atomic mass is 10.1. The minimum absolute atomic E-state index is 0.0338. The Morgan fingerprint density at radius 2 is 1.11 bits per heavy atom. The molecule has 0 spiro atoms. The van der Waals surface area contributed by atoms with Gasteiger partial charge in [-0.1, -0.05) is 51.4 Å². The first-order valence-corrected chi connectivity index (χ1v) is 9.69. The summed E-state index contributed by atoms with van der Waals surface area (Å²) < 4.78 is 20.8. The molecule has 0 radical (unpaired) electrons. The van der Waals surface area contributed by atoms with Gasteiger partial charge in [0.2, 0.25) is 0 Å². The van der Waals surface area contributed by atoms with Crippen molar-refractivity contribution in [2.24, 2.45) is 0 Å². The lowest BCUT2D eigenvalue weighted by Crippen LogP contribution is -1.88. The highest BCUT2D eigenvalue weighted by molar-refractivity contribution is 7.51. The second-order valence-electron chi connectivity index (χ2n) is 4.78. The van der Waals surface area contributed by atoms with Crippen LogP contribution in [0.4, 0.5) is 0 Å². The summed E-state index contributed by atoms with van der Waals surface area (Å²) in [5, 5.41) is 0. The molecule has 0 aromatic heterocycles. The molecule has 0 fully saturated rings. The summed E-state index contributed by atoms with van der Waals surface area (Å²) in [6.45, 7) is 0. The minimum Gasteiger partial charge on any atom is -0.324 e. The van der Waals surface area contributed by atoms with Crippen molar-refractivity contribution in [1.29, 1.82) is 0 Å². The van der Waals surface area contributed by atoms with Crippen molar-refractivity contribution in [2.45, 2.75) is 64.2 Å². The summed E-state index contributed by atoms with van der Waals surface area (Å²) in [5.41, 5.74) is 0. The number of rotatable bonds is 13. The van der Waals surface area contributed by atoms with Crippen LogP contribution in [0.5, 0.6) is 0 Å². The minimum atomic E-state index is -3.77. The predicted octanol–water partition coefficient (Wildman–Crippen LogP) is 4.36. The van der Waals surface area contributed by atoms with Crippen molar-refractivity contribution >= 4 is 16.1 Å². The maximum absolute atomic E-state index is 10.6. The van der Waals surface area contributed by atoms with Crippen LogP contribution in [-0.4, -0.2) is 22.1 Å². The average Bonchev–Trinajstić information content (AvgIpc) is 2.29. The maximum Gasteiger partial charge on any atom is 0.325 e. The van der Waals surface area contributed by atoms with E-state index < -0.39 is 7.60 Å². The normalized spacial score (nSPS) is 12.1. The first-order chi connectivity index (χ1) is 8.56. The molecule has 18 heavy (non-hydrogen) atoms. The summed E-state index contributed by atoms with van der Waals surface area (Å²) in [6.07, 6.45) is 11.8.